The molecule has 0 saturated heterocycles. The van der Waals surface area contributed by atoms with Gasteiger partial charge >= 0.3 is 5.69 Å². The van der Waals surface area contributed by atoms with Gasteiger partial charge in [-0.25, -0.2) is 19.3 Å². The van der Waals surface area contributed by atoms with E-state index in [1.807, 2.05) is 24.3 Å². The third kappa shape index (κ3) is 2.08. The number of rotatable bonds is 2. The predicted molar refractivity (Wildman–Crippen MR) is 72.8 cm³/mol. The van der Waals surface area contributed by atoms with E-state index in [0.717, 1.165) is 3.57 Å². The van der Waals surface area contributed by atoms with Crippen LogP contribution in [0.2, 0.25) is 0 Å². The Hall–Kier alpha value is -1.90. The third-order valence-electron chi connectivity index (χ3n) is 2.32. The molecule has 2 aromatic heterocycles. The molecular formula is C11H7IN4O2. The lowest BCUT2D eigenvalue weighted by molar-refractivity contribution is 0.461. The van der Waals surface area contributed by atoms with Crippen LogP contribution in [-0.4, -0.2) is 19.6 Å². The maximum atomic E-state index is 11.2. The maximum absolute atomic E-state index is 11.2. The van der Waals surface area contributed by atoms with Crippen LogP contribution in [0.25, 0.3) is 5.65 Å². The van der Waals surface area contributed by atoms with Gasteiger partial charge in [0.1, 0.15) is 12.1 Å². The minimum absolute atomic E-state index is 0.321. The van der Waals surface area contributed by atoms with Gasteiger partial charge in [0.05, 0.1) is 0 Å². The Balaban J connectivity index is 1.95. The maximum Gasteiger partial charge on any atom is 0.348 e. The molecule has 0 aliphatic carbocycles. The van der Waals surface area contributed by atoms with Gasteiger partial charge in [0.15, 0.2) is 5.65 Å². The van der Waals surface area contributed by atoms with Crippen molar-refractivity contribution in [2.24, 2.45) is 0 Å². The number of ether oxygens (including phenoxy) is 1. The van der Waals surface area contributed by atoms with Gasteiger partial charge in [-0.05, 0) is 46.9 Å². The van der Waals surface area contributed by atoms with Crippen LogP contribution in [0.4, 0.5) is 0 Å². The summed E-state index contributed by atoms with van der Waals surface area (Å²) in [5, 5.41) is 6.17. The van der Waals surface area contributed by atoms with E-state index in [1.165, 1.54) is 10.7 Å². The van der Waals surface area contributed by atoms with E-state index in [0.29, 0.717) is 17.3 Å². The highest BCUT2D eigenvalue weighted by Crippen LogP contribution is 2.20. The third-order valence-corrected chi connectivity index (χ3v) is 3.04. The second kappa shape index (κ2) is 4.41. The quantitative estimate of drug-likeness (QED) is 0.713. The highest BCUT2D eigenvalue weighted by atomic mass is 127. The fraction of sp³-hybridized carbons (Fsp3) is 0. The number of hydrogen-bond donors (Lipinski definition) is 1. The lowest BCUT2D eigenvalue weighted by atomic mass is 10.3. The van der Waals surface area contributed by atoms with Gasteiger partial charge in [0, 0.05) is 9.64 Å². The summed E-state index contributed by atoms with van der Waals surface area (Å²) in [6.07, 6.45) is 1.38. The van der Waals surface area contributed by atoms with E-state index >= 15 is 0 Å². The fourth-order valence-corrected chi connectivity index (χ4v) is 1.83. The van der Waals surface area contributed by atoms with Crippen LogP contribution >= 0.6 is 22.6 Å². The van der Waals surface area contributed by atoms with Crippen molar-refractivity contribution in [3.05, 3.63) is 50.7 Å². The average molecular weight is 354 g/mol. The van der Waals surface area contributed by atoms with Gasteiger partial charge in [-0.2, -0.15) is 5.10 Å². The van der Waals surface area contributed by atoms with E-state index in [2.05, 4.69) is 37.8 Å². The molecule has 3 rings (SSSR count). The van der Waals surface area contributed by atoms with Gasteiger partial charge in [0.2, 0.25) is 5.88 Å². The molecule has 2 heterocycles. The Labute approximate surface area is 115 Å². The normalized spacial score (nSPS) is 10.7. The van der Waals surface area contributed by atoms with Crippen molar-refractivity contribution in [2.45, 2.75) is 0 Å². The summed E-state index contributed by atoms with van der Waals surface area (Å²) in [6.45, 7) is 0. The summed E-state index contributed by atoms with van der Waals surface area (Å²) in [5.74, 6) is 1.08. The van der Waals surface area contributed by atoms with Crippen molar-refractivity contribution in [3.63, 3.8) is 0 Å². The molecule has 1 aromatic carbocycles. The van der Waals surface area contributed by atoms with Crippen molar-refractivity contribution in [3.8, 4) is 11.6 Å². The molecule has 0 unspecified atom stereocenters. The highest BCUT2D eigenvalue weighted by molar-refractivity contribution is 14.1. The van der Waals surface area contributed by atoms with Gasteiger partial charge in [0.25, 0.3) is 0 Å². The van der Waals surface area contributed by atoms with Crippen LogP contribution in [-0.2, 0) is 0 Å². The molecule has 0 bridgehead atoms. The Kier molecular flexibility index (Phi) is 2.74. The molecule has 90 valence electrons. The van der Waals surface area contributed by atoms with E-state index in [4.69, 9.17) is 4.74 Å². The smallest absolute Gasteiger partial charge is 0.348 e. The number of hydrogen-bond acceptors (Lipinski definition) is 4. The first kappa shape index (κ1) is 11.2. The van der Waals surface area contributed by atoms with Crippen LogP contribution in [0.3, 0.4) is 0 Å². The summed E-state index contributed by atoms with van der Waals surface area (Å²) in [5.41, 5.74) is 0.147. The molecule has 0 amide bonds. The van der Waals surface area contributed by atoms with Crippen molar-refractivity contribution >= 4 is 28.2 Å². The first-order valence-electron chi connectivity index (χ1n) is 5.08. The first-order chi connectivity index (χ1) is 8.72. The molecule has 0 saturated carbocycles. The Morgan fingerprint density at radius 1 is 1.28 bits per heavy atom. The number of aromatic amines is 1. The molecule has 0 aliphatic heterocycles. The number of fused-ring (bicyclic) bond motifs is 1. The van der Waals surface area contributed by atoms with Crippen molar-refractivity contribution in [2.75, 3.05) is 0 Å². The molecule has 3 aromatic rings. The lowest BCUT2D eigenvalue weighted by Crippen LogP contribution is -2.09. The Bertz CT molecular complexity index is 748. The van der Waals surface area contributed by atoms with E-state index < -0.39 is 0 Å². The minimum Gasteiger partial charge on any atom is -0.439 e. The molecule has 0 spiro atoms. The molecule has 18 heavy (non-hydrogen) atoms. The predicted octanol–water partition coefficient (Wildman–Crippen LogP) is 1.81. The SMILES string of the molecule is O=c1[nH]nc2cc(Oc3ccc(I)cc3)ncn12. The van der Waals surface area contributed by atoms with Crippen molar-refractivity contribution in [1.82, 2.24) is 19.6 Å². The monoisotopic (exact) mass is 354 g/mol. The van der Waals surface area contributed by atoms with Crippen LogP contribution in [0.1, 0.15) is 0 Å². The molecule has 1 N–H and O–H groups in total. The summed E-state index contributed by atoms with van der Waals surface area (Å²) >= 11 is 2.22. The van der Waals surface area contributed by atoms with Gasteiger partial charge in [-0.3, -0.25) is 0 Å². The van der Waals surface area contributed by atoms with Gasteiger partial charge in [-0.1, -0.05) is 0 Å². The Morgan fingerprint density at radius 3 is 2.83 bits per heavy atom. The van der Waals surface area contributed by atoms with Crippen molar-refractivity contribution < 1.29 is 4.74 Å². The number of aromatic nitrogens is 4. The zero-order valence-corrected chi connectivity index (χ0v) is 11.2. The van der Waals surface area contributed by atoms with Gasteiger partial charge < -0.3 is 4.74 Å². The second-order valence-corrected chi connectivity index (χ2v) is 4.79. The van der Waals surface area contributed by atoms with Crippen molar-refractivity contribution in [1.29, 1.82) is 0 Å². The number of H-pyrrole nitrogens is 1. The average Bonchev–Trinajstić information content (AvgIpc) is 2.74. The fourth-order valence-electron chi connectivity index (χ4n) is 1.47. The topological polar surface area (TPSA) is 72.3 Å². The zero-order chi connectivity index (χ0) is 12.5. The molecule has 0 aliphatic rings. The lowest BCUT2D eigenvalue weighted by Gasteiger charge is -2.04. The summed E-state index contributed by atoms with van der Waals surface area (Å²) in [6, 6.07) is 9.17. The molecule has 0 atom stereocenters. The largest absolute Gasteiger partial charge is 0.439 e. The minimum atomic E-state index is -0.321. The second-order valence-electron chi connectivity index (χ2n) is 3.54. The van der Waals surface area contributed by atoms with Crippen LogP contribution in [0.15, 0.2) is 41.5 Å². The molecule has 0 radical (unpaired) electrons. The number of benzene rings is 1. The van der Waals surface area contributed by atoms with Crippen LogP contribution < -0.4 is 10.4 Å². The highest BCUT2D eigenvalue weighted by Gasteiger charge is 2.04. The first-order valence-corrected chi connectivity index (χ1v) is 6.16. The van der Waals surface area contributed by atoms with E-state index in [-0.39, 0.29) is 5.69 Å². The van der Waals surface area contributed by atoms with Crippen LogP contribution in [0.5, 0.6) is 11.6 Å². The summed E-state index contributed by atoms with van der Waals surface area (Å²) < 4.78 is 8.00. The summed E-state index contributed by atoms with van der Waals surface area (Å²) in [7, 11) is 0. The number of nitrogens with zero attached hydrogens (tertiary/aromatic N) is 3. The van der Waals surface area contributed by atoms with E-state index in [9.17, 15) is 4.79 Å². The van der Waals surface area contributed by atoms with Crippen LogP contribution in [0, 0.1) is 3.57 Å². The standard InChI is InChI=1S/C11H7IN4O2/c12-7-1-3-8(4-2-7)18-10-5-9-14-15-11(17)16(9)6-13-10/h1-6H,(H,15,17). The molecular weight excluding hydrogens is 347 g/mol. The Morgan fingerprint density at radius 2 is 2.06 bits per heavy atom. The molecule has 7 heteroatoms. The van der Waals surface area contributed by atoms with Gasteiger partial charge in [-0.15, -0.1) is 0 Å². The number of halogens is 1. The zero-order valence-electron chi connectivity index (χ0n) is 9.00. The molecule has 6 nitrogen and oxygen atoms in total. The van der Waals surface area contributed by atoms with E-state index in [1.54, 1.807) is 6.07 Å². The summed E-state index contributed by atoms with van der Waals surface area (Å²) in [4.78, 5) is 15.3. The molecule has 0 fully saturated rings. The number of nitrogens with one attached hydrogen (secondary N) is 1.